The van der Waals surface area contributed by atoms with Gasteiger partial charge >= 0.3 is 0 Å². The second kappa shape index (κ2) is 3.31. The third kappa shape index (κ3) is 1.58. The molecule has 0 spiro atoms. The van der Waals surface area contributed by atoms with Crippen molar-refractivity contribution in [3.8, 4) is 0 Å². The molecule has 0 radical (unpaired) electrons. The first-order chi connectivity index (χ1) is 6.18. The zero-order valence-corrected chi connectivity index (χ0v) is 9.26. The zero-order chi connectivity index (χ0) is 9.42. The van der Waals surface area contributed by atoms with E-state index in [9.17, 15) is 0 Å². The van der Waals surface area contributed by atoms with E-state index in [1.807, 2.05) is 12.1 Å². The van der Waals surface area contributed by atoms with Crippen LogP contribution in [0.25, 0.3) is 0 Å². The molecular weight excluding hydrogens is 228 g/mol. The van der Waals surface area contributed by atoms with E-state index in [0.717, 1.165) is 25.2 Å². The predicted octanol–water partition coefficient (Wildman–Crippen LogP) is 2.02. The van der Waals surface area contributed by atoms with Gasteiger partial charge in [-0.1, -0.05) is 15.9 Å². The fourth-order valence-electron chi connectivity index (χ4n) is 1.80. The van der Waals surface area contributed by atoms with Crippen molar-refractivity contribution in [3.63, 3.8) is 0 Å². The van der Waals surface area contributed by atoms with Crippen LogP contribution in [0.3, 0.4) is 0 Å². The number of rotatable bonds is 0. The maximum atomic E-state index is 5.92. The molecule has 2 N–H and O–H groups in total. The summed E-state index contributed by atoms with van der Waals surface area (Å²) in [5, 5.41) is 0. The van der Waals surface area contributed by atoms with E-state index in [1.165, 1.54) is 15.6 Å². The average molecular weight is 241 g/mol. The lowest BCUT2D eigenvalue weighted by atomic mass is 9.98. The zero-order valence-electron chi connectivity index (χ0n) is 7.68. The van der Waals surface area contributed by atoms with Crippen LogP contribution in [0.5, 0.6) is 0 Å². The minimum absolute atomic E-state index is 0.936. The lowest BCUT2D eigenvalue weighted by molar-refractivity contribution is 0.312. The van der Waals surface area contributed by atoms with E-state index in [0.29, 0.717) is 0 Å². The monoisotopic (exact) mass is 240 g/mol. The summed E-state index contributed by atoms with van der Waals surface area (Å²) in [6.07, 6.45) is 1.07. The Bertz CT molecular complexity index is 336. The summed E-state index contributed by atoms with van der Waals surface area (Å²) in [6, 6.07) is 4.02. The highest BCUT2D eigenvalue weighted by Gasteiger charge is 2.17. The quantitative estimate of drug-likeness (QED) is 0.704. The van der Waals surface area contributed by atoms with Gasteiger partial charge in [0.15, 0.2) is 0 Å². The molecule has 13 heavy (non-hydrogen) atoms. The molecular formula is C10H13BrN2. The molecule has 2 nitrogen and oxygen atoms in total. The van der Waals surface area contributed by atoms with E-state index in [-0.39, 0.29) is 0 Å². The molecule has 0 unspecified atom stereocenters. The van der Waals surface area contributed by atoms with Crippen LogP contribution in [0.2, 0.25) is 0 Å². The Balaban J connectivity index is 2.51. The number of likely N-dealkylation sites (N-methyl/N-ethyl adjacent to an activating group) is 1. The fraction of sp³-hybridized carbons (Fsp3) is 0.400. The van der Waals surface area contributed by atoms with Crippen molar-refractivity contribution >= 4 is 21.6 Å². The Hall–Kier alpha value is -0.540. The largest absolute Gasteiger partial charge is 0.398 e. The van der Waals surface area contributed by atoms with Crippen molar-refractivity contribution in [2.75, 3.05) is 19.3 Å². The third-order valence-electron chi connectivity index (χ3n) is 2.58. The van der Waals surface area contributed by atoms with E-state index in [1.54, 1.807) is 0 Å². The first kappa shape index (κ1) is 9.03. The maximum absolute atomic E-state index is 5.92. The minimum Gasteiger partial charge on any atom is -0.398 e. The average Bonchev–Trinajstić information content (AvgIpc) is 2.12. The molecule has 0 aliphatic carbocycles. The summed E-state index contributed by atoms with van der Waals surface area (Å²) in [5.74, 6) is 0. The highest BCUT2D eigenvalue weighted by molar-refractivity contribution is 9.10. The van der Waals surface area contributed by atoms with Gasteiger partial charge in [0.25, 0.3) is 0 Å². The third-order valence-corrected chi connectivity index (χ3v) is 3.32. The predicted molar refractivity (Wildman–Crippen MR) is 58.6 cm³/mol. The maximum Gasteiger partial charge on any atom is 0.0351 e. The summed E-state index contributed by atoms with van der Waals surface area (Å²) >= 11 is 3.56. The number of nitrogens with two attached hydrogens (primary N) is 1. The SMILES string of the molecule is CN1CCc2c(N)ccc(Br)c2C1. The molecule has 2 rings (SSSR count). The number of hydrogen-bond donors (Lipinski definition) is 1. The van der Waals surface area contributed by atoms with Gasteiger partial charge in [0, 0.05) is 23.2 Å². The number of nitrogen functional groups attached to an aromatic ring is 1. The van der Waals surface area contributed by atoms with Crippen LogP contribution < -0.4 is 5.73 Å². The molecule has 1 aliphatic rings. The second-order valence-corrected chi connectivity index (χ2v) is 4.44. The number of fused-ring (bicyclic) bond motifs is 1. The van der Waals surface area contributed by atoms with Gasteiger partial charge in [-0.3, -0.25) is 0 Å². The van der Waals surface area contributed by atoms with Crippen molar-refractivity contribution in [1.82, 2.24) is 4.90 Å². The summed E-state index contributed by atoms with van der Waals surface area (Å²) in [7, 11) is 2.14. The fourth-order valence-corrected chi connectivity index (χ4v) is 2.30. The van der Waals surface area contributed by atoms with E-state index >= 15 is 0 Å². The lowest BCUT2D eigenvalue weighted by Gasteiger charge is -2.26. The molecule has 1 aromatic rings. The minimum atomic E-state index is 0.936. The van der Waals surface area contributed by atoms with Gasteiger partial charge in [-0.15, -0.1) is 0 Å². The van der Waals surface area contributed by atoms with Crippen molar-refractivity contribution < 1.29 is 0 Å². The van der Waals surface area contributed by atoms with E-state index in [4.69, 9.17) is 5.73 Å². The van der Waals surface area contributed by atoms with E-state index < -0.39 is 0 Å². The summed E-state index contributed by atoms with van der Waals surface area (Å²) in [4.78, 5) is 2.31. The van der Waals surface area contributed by atoms with Crippen molar-refractivity contribution in [2.45, 2.75) is 13.0 Å². The molecule has 0 atom stereocenters. The lowest BCUT2D eigenvalue weighted by Crippen LogP contribution is -2.27. The Morgan fingerprint density at radius 1 is 1.38 bits per heavy atom. The standard InChI is InChI=1S/C10H13BrN2/c1-13-5-4-7-8(6-13)9(11)2-3-10(7)12/h2-3H,4-6,12H2,1H3. The molecule has 0 amide bonds. The van der Waals surface area contributed by atoms with Gasteiger partial charge in [-0.25, -0.2) is 0 Å². The number of halogens is 1. The number of nitrogens with zero attached hydrogens (tertiary/aromatic N) is 1. The van der Waals surface area contributed by atoms with Crippen LogP contribution in [-0.2, 0) is 13.0 Å². The van der Waals surface area contributed by atoms with Gasteiger partial charge in [-0.05, 0) is 36.7 Å². The Morgan fingerprint density at radius 3 is 2.92 bits per heavy atom. The molecule has 70 valence electrons. The number of benzene rings is 1. The molecule has 3 heteroatoms. The smallest absolute Gasteiger partial charge is 0.0351 e. The van der Waals surface area contributed by atoms with Gasteiger partial charge in [0.05, 0.1) is 0 Å². The number of anilines is 1. The summed E-state index contributed by atoms with van der Waals surface area (Å²) < 4.78 is 1.18. The Kier molecular flexibility index (Phi) is 2.30. The van der Waals surface area contributed by atoms with Crippen LogP contribution in [0.1, 0.15) is 11.1 Å². The molecule has 1 heterocycles. The molecule has 0 aromatic heterocycles. The number of hydrogen-bond acceptors (Lipinski definition) is 2. The highest BCUT2D eigenvalue weighted by atomic mass is 79.9. The molecule has 0 saturated heterocycles. The van der Waals surface area contributed by atoms with Crippen molar-refractivity contribution in [2.24, 2.45) is 0 Å². The van der Waals surface area contributed by atoms with Crippen LogP contribution in [0.15, 0.2) is 16.6 Å². The van der Waals surface area contributed by atoms with Crippen LogP contribution in [-0.4, -0.2) is 18.5 Å². The molecule has 0 fully saturated rings. The van der Waals surface area contributed by atoms with Crippen molar-refractivity contribution in [1.29, 1.82) is 0 Å². The van der Waals surface area contributed by atoms with Crippen LogP contribution in [0, 0.1) is 0 Å². The second-order valence-electron chi connectivity index (χ2n) is 3.58. The summed E-state index contributed by atoms with van der Waals surface area (Å²) in [6.45, 7) is 2.11. The van der Waals surface area contributed by atoms with Gasteiger partial charge in [0.2, 0.25) is 0 Å². The molecule has 0 saturated carbocycles. The first-order valence-electron chi connectivity index (χ1n) is 4.43. The Labute approximate surface area is 86.9 Å². The Morgan fingerprint density at radius 2 is 2.15 bits per heavy atom. The van der Waals surface area contributed by atoms with Gasteiger partial charge in [-0.2, -0.15) is 0 Å². The van der Waals surface area contributed by atoms with Crippen LogP contribution >= 0.6 is 15.9 Å². The normalized spacial score (nSPS) is 17.1. The molecule has 1 aromatic carbocycles. The topological polar surface area (TPSA) is 29.3 Å². The van der Waals surface area contributed by atoms with Gasteiger partial charge < -0.3 is 10.6 Å². The van der Waals surface area contributed by atoms with Crippen molar-refractivity contribution in [3.05, 3.63) is 27.7 Å². The molecule has 1 aliphatic heterocycles. The highest BCUT2D eigenvalue weighted by Crippen LogP contribution is 2.29. The summed E-state index contributed by atoms with van der Waals surface area (Å²) in [5.41, 5.74) is 9.53. The first-order valence-corrected chi connectivity index (χ1v) is 5.22. The van der Waals surface area contributed by atoms with Crippen LogP contribution in [0.4, 0.5) is 5.69 Å². The van der Waals surface area contributed by atoms with Gasteiger partial charge in [0.1, 0.15) is 0 Å². The van der Waals surface area contributed by atoms with E-state index in [2.05, 4.69) is 27.9 Å². The molecule has 0 bridgehead atoms.